The number of amides is 2. The first-order valence-corrected chi connectivity index (χ1v) is 5.15. The summed E-state index contributed by atoms with van der Waals surface area (Å²) in [7, 11) is 0. The largest absolute Gasteiger partial charge is 0.485 e. The van der Waals surface area contributed by atoms with Crippen molar-refractivity contribution in [2.24, 2.45) is 0 Å². The minimum Gasteiger partial charge on any atom is -0.294 e. The summed E-state index contributed by atoms with van der Waals surface area (Å²) < 4.78 is 36.2. The number of carbonyl (C=O) groups is 1. The van der Waals surface area contributed by atoms with Crippen LogP contribution in [0.5, 0.6) is 0 Å². The van der Waals surface area contributed by atoms with Crippen molar-refractivity contribution in [2.75, 3.05) is 11.4 Å². The molecule has 0 aliphatic carbocycles. The zero-order valence-electron chi connectivity index (χ0n) is 9.29. The van der Waals surface area contributed by atoms with Crippen molar-refractivity contribution in [3.05, 3.63) is 30.3 Å². The highest BCUT2D eigenvalue weighted by molar-refractivity contribution is 5.92. The highest BCUT2D eigenvalue weighted by atomic mass is 19.4. The minimum atomic E-state index is -4.71. The van der Waals surface area contributed by atoms with E-state index in [1.807, 2.05) is 0 Å². The molecule has 0 atom stereocenters. The Balaban J connectivity index is 2.83. The summed E-state index contributed by atoms with van der Waals surface area (Å²) in [6, 6.07) is 7.08. The van der Waals surface area contributed by atoms with Crippen molar-refractivity contribution >= 4 is 11.7 Å². The average molecular weight is 246 g/mol. The van der Waals surface area contributed by atoms with Gasteiger partial charge in [-0.05, 0) is 18.6 Å². The number of anilines is 1. The van der Waals surface area contributed by atoms with E-state index in [0.717, 1.165) is 10.2 Å². The summed E-state index contributed by atoms with van der Waals surface area (Å²) in [4.78, 5) is 12.5. The maximum absolute atomic E-state index is 12.1. The van der Waals surface area contributed by atoms with Crippen LogP contribution in [0.2, 0.25) is 0 Å². The second kappa shape index (κ2) is 5.56. The second-order valence-electron chi connectivity index (χ2n) is 3.42. The first-order chi connectivity index (χ1) is 7.94. The first kappa shape index (κ1) is 13.3. The number of hydrogen-bond donors (Lipinski definition) is 1. The Bertz CT molecular complexity index is 365. The highest BCUT2D eigenvalue weighted by Gasteiger charge is 2.32. The Hall–Kier alpha value is -1.72. The molecular formula is C11H13F3N2O. The van der Waals surface area contributed by atoms with Crippen LogP contribution in [0, 0.1) is 0 Å². The predicted molar refractivity (Wildman–Crippen MR) is 58.7 cm³/mol. The Morgan fingerprint density at radius 2 is 1.88 bits per heavy atom. The van der Waals surface area contributed by atoms with E-state index >= 15 is 0 Å². The van der Waals surface area contributed by atoms with Crippen molar-refractivity contribution in [3.8, 4) is 0 Å². The Morgan fingerprint density at radius 1 is 1.29 bits per heavy atom. The molecule has 0 aromatic heterocycles. The lowest BCUT2D eigenvalue weighted by Gasteiger charge is -2.23. The van der Waals surface area contributed by atoms with E-state index in [0.29, 0.717) is 12.1 Å². The molecule has 0 unspecified atom stereocenters. The van der Waals surface area contributed by atoms with Crippen molar-refractivity contribution in [2.45, 2.75) is 19.6 Å². The zero-order valence-corrected chi connectivity index (χ0v) is 9.29. The van der Waals surface area contributed by atoms with Gasteiger partial charge in [-0.15, -0.1) is 0 Å². The van der Waals surface area contributed by atoms with Crippen LogP contribution in [-0.2, 0) is 0 Å². The van der Waals surface area contributed by atoms with Gasteiger partial charge in [0, 0.05) is 12.2 Å². The average Bonchev–Trinajstić information content (AvgIpc) is 2.24. The van der Waals surface area contributed by atoms with Gasteiger partial charge in [-0.1, -0.05) is 25.1 Å². The van der Waals surface area contributed by atoms with Crippen LogP contribution in [0.25, 0.3) is 0 Å². The quantitative estimate of drug-likeness (QED) is 0.816. The zero-order chi connectivity index (χ0) is 12.9. The van der Waals surface area contributed by atoms with E-state index in [9.17, 15) is 18.0 Å². The van der Waals surface area contributed by atoms with Crippen LogP contribution < -0.4 is 10.2 Å². The van der Waals surface area contributed by atoms with Crippen LogP contribution in [0.1, 0.15) is 13.3 Å². The van der Waals surface area contributed by atoms with Gasteiger partial charge in [0.05, 0.1) is 0 Å². The van der Waals surface area contributed by atoms with E-state index in [2.05, 4.69) is 0 Å². The van der Waals surface area contributed by atoms with E-state index in [1.165, 1.54) is 0 Å². The molecule has 17 heavy (non-hydrogen) atoms. The third-order valence-corrected chi connectivity index (χ3v) is 2.01. The van der Waals surface area contributed by atoms with Crippen LogP contribution in [-0.4, -0.2) is 18.9 Å². The minimum absolute atomic E-state index is 0.228. The molecule has 0 aliphatic rings. The number of halogens is 3. The smallest absolute Gasteiger partial charge is 0.294 e. The number of carbonyl (C=O) groups excluding carboxylic acids is 1. The van der Waals surface area contributed by atoms with Gasteiger partial charge in [0.15, 0.2) is 0 Å². The van der Waals surface area contributed by atoms with E-state index in [4.69, 9.17) is 0 Å². The lowest BCUT2D eigenvalue weighted by molar-refractivity contribution is -0.145. The van der Waals surface area contributed by atoms with E-state index in [1.54, 1.807) is 37.3 Å². The molecule has 0 heterocycles. The maximum atomic E-state index is 12.1. The summed E-state index contributed by atoms with van der Waals surface area (Å²) in [5.74, 6) is 0. The molecule has 0 saturated carbocycles. The molecule has 6 heteroatoms. The summed E-state index contributed by atoms with van der Waals surface area (Å²) in [6.45, 7) is 2.02. The lowest BCUT2D eigenvalue weighted by Crippen LogP contribution is -2.47. The molecule has 1 rings (SSSR count). The summed E-state index contributed by atoms with van der Waals surface area (Å²) >= 11 is 0. The summed E-state index contributed by atoms with van der Waals surface area (Å²) in [5.41, 5.74) is 0.441. The number of nitrogens with one attached hydrogen (secondary N) is 1. The molecule has 1 aromatic rings. The van der Waals surface area contributed by atoms with Gasteiger partial charge in [0.1, 0.15) is 0 Å². The Labute approximate surface area is 97.2 Å². The summed E-state index contributed by atoms with van der Waals surface area (Å²) in [6.07, 6.45) is -4.14. The van der Waals surface area contributed by atoms with Crippen molar-refractivity contribution in [1.82, 2.24) is 5.32 Å². The van der Waals surface area contributed by atoms with Crippen molar-refractivity contribution in [1.29, 1.82) is 0 Å². The molecule has 0 aliphatic heterocycles. The van der Waals surface area contributed by atoms with Gasteiger partial charge in [0.25, 0.3) is 0 Å². The van der Waals surface area contributed by atoms with Crippen LogP contribution >= 0.6 is 0 Å². The van der Waals surface area contributed by atoms with Crippen LogP contribution in [0.3, 0.4) is 0 Å². The Kier molecular flexibility index (Phi) is 4.37. The second-order valence-corrected chi connectivity index (χ2v) is 3.42. The standard InChI is InChI=1S/C11H13F3N2O/c1-2-8-16(9-6-4-3-5-7-9)10(17)15-11(12,13)14/h3-7H,2,8H2,1H3,(H,15,17). The first-order valence-electron chi connectivity index (χ1n) is 5.15. The van der Waals surface area contributed by atoms with Gasteiger partial charge >= 0.3 is 12.3 Å². The molecule has 3 nitrogen and oxygen atoms in total. The maximum Gasteiger partial charge on any atom is 0.485 e. The van der Waals surface area contributed by atoms with Crippen LogP contribution in [0.15, 0.2) is 30.3 Å². The van der Waals surface area contributed by atoms with Gasteiger partial charge in [-0.25, -0.2) is 10.1 Å². The fraction of sp³-hybridized carbons (Fsp3) is 0.364. The fourth-order valence-corrected chi connectivity index (χ4v) is 1.37. The number of hydrogen-bond acceptors (Lipinski definition) is 1. The molecule has 0 saturated heterocycles. The number of alkyl halides is 3. The van der Waals surface area contributed by atoms with Crippen LogP contribution in [0.4, 0.5) is 23.7 Å². The normalized spacial score (nSPS) is 11.1. The number of nitrogens with zero attached hydrogens (tertiary/aromatic N) is 1. The molecule has 94 valence electrons. The SMILES string of the molecule is CCCN(C(=O)NC(F)(F)F)c1ccccc1. The number of rotatable bonds is 3. The number of para-hydroxylation sites is 1. The number of benzene rings is 1. The third-order valence-electron chi connectivity index (χ3n) is 2.01. The molecule has 0 radical (unpaired) electrons. The lowest BCUT2D eigenvalue weighted by atomic mass is 10.3. The molecule has 1 aromatic carbocycles. The molecular weight excluding hydrogens is 233 g/mol. The van der Waals surface area contributed by atoms with Gasteiger partial charge in [0.2, 0.25) is 0 Å². The van der Waals surface area contributed by atoms with Crippen molar-refractivity contribution < 1.29 is 18.0 Å². The van der Waals surface area contributed by atoms with Gasteiger partial charge in [-0.3, -0.25) is 4.90 Å². The molecule has 0 spiro atoms. The third kappa shape index (κ3) is 4.34. The monoisotopic (exact) mass is 246 g/mol. The van der Waals surface area contributed by atoms with E-state index < -0.39 is 12.3 Å². The predicted octanol–water partition coefficient (Wildman–Crippen LogP) is 3.13. The Morgan fingerprint density at radius 3 is 2.35 bits per heavy atom. The summed E-state index contributed by atoms with van der Waals surface area (Å²) in [5, 5.41) is 0.990. The molecule has 0 bridgehead atoms. The topological polar surface area (TPSA) is 32.3 Å². The fourth-order valence-electron chi connectivity index (χ4n) is 1.37. The number of urea groups is 1. The van der Waals surface area contributed by atoms with Gasteiger partial charge in [-0.2, -0.15) is 13.2 Å². The van der Waals surface area contributed by atoms with Crippen molar-refractivity contribution in [3.63, 3.8) is 0 Å². The van der Waals surface area contributed by atoms with E-state index in [-0.39, 0.29) is 6.54 Å². The van der Waals surface area contributed by atoms with Gasteiger partial charge < -0.3 is 0 Å². The molecule has 2 amide bonds. The highest BCUT2D eigenvalue weighted by Crippen LogP contribution is 2.16. The molecule has 1 N–H and O–H groups in total. The molecule has 0 fully saturated rings.